The molecule has 0 radical (unpaired) electrons. The molecule has 0 aromatic heterocycles. The highest BCUT2D eigenvalue weighted by atomic mass is 19.1. The van der Waals surface area contributed by atoms with E-state index in [1.54, 1.807) is 12.1 Å². The van der Waals surface area contributed by atoms with Gasteiger partial charge < -0.3 is 5.32 Å². The summed E-state index contributed by atoms with van der Waals surface area (Å²) < 4.78 is 12.9. The minimum atomic E-state index is -0.305. The first-order valence-electron chi connectivity index (χ1n) is 8.91. The number of hydrogen-bond donors (Lipinski definition) is 1. The van der Waals surface area contributed by atoms with E-state index in [1.165, 1.54) is 17.7 Å². The summed E-state index contributed by atoms with van der Waals surface area (Å²) in [6.07, 6.45) is 4.33. The monoisotopic (exact) mass is 353 g/mol. The highest BCUT2D eigenvalue weighted by Crippen LogP contribution is 2.09. The van der Waals surface area contributed by atoms with Gasteiger partial charge in [0.2, 0.25) is 5.91 Å². The van der Waals surface area contributed by atoms with Crippen molar-refractivity contribution in [2.24, 2.45) is 0 Å². The summed E-state index contributed by atoms with van der Waals surface area (Å²) in [6.45, 7) is 4.92. The number of amides is 1. The van der Waals surface area contributed by atoms with Gasteiger partial charge in [-0.3, -0.25) is 14.6 Å². The van der Waals surface area contributed by atoms with Crippen molar-refractivity contribution >= 4 is 17.7 Å². The minimum Gasteiger partial charge on any atom is -0.325 e. The fourth-order valence-corrected chi connectivity index (χ4v) is 2.97. The van der Waals surface area contributed by atoms with Gasteiger partial charge in [-0.2, -0.15) is 0 Å². The second-order valence-electron chi connectivity index (χ2n) is 6.44. The summed E-state index contributed by atoms with van der Waals surface area (Å²) in [6, 6.07) is 16.1. The predicted molar refractivity (Wildman–Crippen MR) is 103 cm³/mol. The predicted octanol–water partition coefficient (Wildman–Crippen LogP) is 3.10. The van der Waals surface area contributed by atoms with Crippen LogP contribution in [-0.2, 0) is 4.79 Å². The lowest BCUT2D eigenvalue weighted by Crippen LogP contribution is -2.48. The van der Waals surface area contributed by atoms with E-state index >= 15 is 0 Å². The molecule has 0 aliphatic carbocycles. The average Bonchev–Trinajstić information content (AvgIpc) is 2.66. The maximum absolute atomic E-state index is 12.9. The third-order valence-electron chi connectivity index (χ3n) is 4.43. The summed E-state index contributed by atoms with van der Waals surface area (Å²) in [7, 11) is 0. The van der Waals surface area contributed by atoms with Crippen LogP contribution in [0.15, 0.2) is 60.7 Å². The average molecular weight is 353 g/mol. The first kappa shape index (κ1) is 18.3. The number of carbonyl (C=O) groups excluding carboxylic acids is 1. The van der Waals surface area contributed by atoms with Crippen LogP contribution >= 0.6 is 0 Å². The molecule has 26 heavy (non-hydrogen) atoms. The lowest BCUT2D eigenvalue weighted by molar-refractivity contribution is -0.117. The molecule has 0 unspecified atom stereocenters. The Morgan fingerprint density at radius 1 is 0.962 bits per heavy atom. The number of nitrogens with one attached hydrogen (secondary N) is 1. The fraction of sp³-hybridized carbons (Fsp3) is 0.286. The zero-order valence-electron chi connectivity index (χ0n) is 14.8. The van der Waals surface area contributed by atoms with Gasteiger partial charge in [0.25, 0.3) is 0 Å². The Hall–Kier alpha value is -2.50. The maximum Gasteiger partial charge on any atom is 0.238 e. The molecule has 2 aromatic carbocycles. The number of benzene rings is 2. The second-order valence-corrected chi connectivity index (χ2v) is 6.44. The molecule has 136 valence electrons. The number of halogens is 1. The number of hydrogen-bond acceptors (Lipinski definition) is 3. The maximum atomic E-state index is 12.9. The second kappa shape index (κ2) is 9.27. The van der Waals surface area contributed by atoms with E-state index in [9.17, 15) is 9.18 Å². The molecular formula is C21H24FN3O. The van der Waals surface area contributed by atoms with Gasteiger partial charge in [-0.05, 0) is 29.8 Å². The number of nitrogens with zero attached hydrogens (tertiary/aromatic N) is 2. The van der Waals surface area contributed by atoms with Gasteiger partial charge in [0.1, 0.15) is 5.82 Å². The van der Waals surface area contributed by atoms with Crippen LogP contribution in [-0.4, -0.2) is 55.0 Å². The van der Waals surface area contributed by atoms with Crippen LogP contribution in [0, 0.1) is 5.82 Å². The van der Waals surface area contributed by atoms with Gasteiger partial charge in [-0.15, -0.1) is 0 Å². The van der Waals surface area contributed by atoms with Crippen molar-refractivity contribution < 1.29 is 9.18 Å². The Balaban J connectivity index is 1.37. The van der Waals surface area contributed by atoms with Crippen molar-refractivity contribution in [3.8, 4) is 0 Å². The Morgan fingerprint density at radius 2 is 1.62 bits per heavy atom. The van der Waals surface area contributed by atoms with E-state index in [2.05, 4.69) is 39.4 Å². The van der Waals surface area contributed by atoms with E-state index in [0.717, 1.165) is 32.7 Å². The Morgan fingerprint density at radius 3 is 2.31 bits per heavy atom. The molecule has 1 saturated heterocycles. The molecule has 0 spiro atoms. The first-order chi connectivity index (χ1) is 12.7. The van der Waals surface area contributed by atoms with Crippen molar-refractivity contribution in [1.29, 1.82) is 0 Å². The molecule has 1 fully saturated rings. The summed E-state index contributed by atoms with van der Waals surface area (Å²) in [5.74, 6) is -0.366. The van der Waals surface area contributed by atoms with E-state index in [0.29, 0.717) is 12.2 Å². The highest BCUT2D eigenvalue weighted by molar-refractivity contribution is 5.92. The standard InChI is InChI=1S/C21H24FN3O/c22-19-8-10-20(11-9-19)23-21(26)17-25-15-13-24(14-16-25)12-4-7-18-5-2-1-3-6-18/h1-11H,12-17H2,(H,23,26)/b7-4+. The summed E-state index contributed by atoms with van der Waals surface area (Å²) >= 11 is 0. The lowest BCUT2D eigenvalue weighted by atomic mass is 10.2. The smallest absolute Gasteiger partial charge is 0.238 e. The van der Waals surface area contributed by atoms with Crippen molar-refractivity contribution in [3.63, 3.8) is 0 Å². The number of piperazine rings is 1. The molecule has 5 heteroatoms. The third-order valence-corrected chi connectivity index (χ3v) is 4.43. The first-order valence-corrected chi connectivity index (χ1v) is 8.91. The van der Waals surface area contributed by atoms with Crippen LogP contribution in [0.1, 0.15) is 5.56 Å². The van der Waals surface area contributed by atoms with Crippen LogP contribution in [0.4, 0.5) is 10.1 Å². The number of anilines is 1. The van der Waals surface area contributed by atoms with Gasteiger partial charge in [-0.1, -0.05) is 42.5 Å². The molecule has 3 rings (SSSR count). The number of rotatable bonds is 6. The molecule has 1 amide bonds. The molecule has 1 aliphatic heterocycles. The Kier molecular flexibility index (Phi) is 6.52. The van der Waals surface area contributed by atoms with Crippen LogP contribution in [0.5, 0.6) is 0 Å². The summed E-state index contributed by atoms with van der Waals surface area (Å²) in [5.41, 5.74) is 1.84. The van der Waals surface area contributed by atoms with Gasteiger partial charge in [0, 0.05) is 38.4 Å². The van der Waals surface area contributed by atoms with Gasteiger partial charge in [0.15, 0.2) is 0 Å². The molecule has 0 atom stereocenters. The largest absolute Gasteiger partial charge is 0.325 e. The normalized spacial score (nSPS) is 16.0. The van der Waals surface area contributed by atoms with Crippen molar-refractivity contribution in [3.05, 3.63) is 72.1 Å². The van der Waals surface area contributed by atoms with Crippen LogP contribution < -0.4 is 5.32 Å². The van der Waals surface area contributed by atoms with Gasteiger partial charge in [0.05, 0.1) is 6.54 Å². The quantitative estimate of drug-likeness (QED) is 0.867. The van der Waals surface area contributed by atoms with E-state index in [4.69, 9.17) is 0 Å². The molecular weight excluding hydrogens is 329 g/mol. The molecule has 4 nitrogen and oxygen atoms in total. The highest BCUT2D eigenvalue weighted by Gasteiger charge is 2.18. The molecule has 1 aliphatic rings. The zero-order valence-corrected chi connectivity index (χ0v) is 14.8. The van der Waals surface area contributed by atoms with E-state index in [1.807, 2.05) is 18.2 Å². The SMILES string of the molecule is O=C(CN1CCN(C/C=C/c2ccccc2)CC1)Nc1ccc(F)cc1. The van der Waals surface area contributed by atoms with E-state index < -0.39 is 0 Å². The Labute approximate surface area is 153 Å². The van der Waals surface area contributed by atoms with Gasteiger partial charge >= 0.3 is 0 Å². The Bertz CT molecular complexity index is 723. The zero-order chi connectivity index (χ0) is 18.2. The molecule has 0 bridgehead atoms. The molecule has 0 saturated carbocycles. The summed E-state index contributed by atoms with van der Waals surface area (Å²) in [5, 5.41) is 2.81. The summed E-state index contributed by atoms with van der Waals surface area (Å²) in [4.78, 5) is 16.6. The van der Waals surface area contributed by atoms with Crippen molar-refractivity contribution in [1.82, 2.24) is 9.80 Å². The van der Waals surface area contributed by atoms with E-state index in [-0.39, 0.29) is 11.7 Å². The molecule has 2 aromatic rings. The van der Waals surface area contributed by atoms with Crippen LogP contribution in [0.2, 0.25) is 0 Å². The topological polar surface area (TPSA) is 35.6 Å². The fourth-order valence-electron chi connectivity index (χ4n) is 2.97. The minimum absolute atomic E-state index is 0.0611. The molecule has 1 N–H and O–H groups in total. The third kappa shape index (κ3) is 5.79. The van der Waals surface area contributed by atoms with Crippen molar-refractivity contribution in [2.45, 2.75) is 0 Å². The van der Waals surface area contributed by atoms with Gasteiger partial charge in [-0.25, -0.2) is 4.39 Å². The van der Waals surface area contributed by atoms with Crippen LogP contribution in [0.3, 0.4) is 0 Å². The number of carbonyl (C=O) groups is 1. The van der Waals surface area contributed by atoms with Crippen LogP contribution in [0.25, 0.3) is 6.08 Å². The lowest BCUT2D eigenvalue weighted by Gasteiger charge is -2.33. The van der Waals surface area contributed by atoms with Crippen molar-refractivity contribution in [2.75, 3.05) is 44.6 Å². The molecule has 1 heterocycles.